The first-order valence-electron chi connectivity index (χ1n) is 12.6. The van der Waals surface area contributed by atoms with Crippen LogP contribution in [0.25, 0.3) is 0 Å². The Bertz CT molecular complexity index is 1060. The lowest BCUT2D eigenvalue weighted by atomic mass is 9.81. The first-order chi connectivity index (χ1) is 17.6. The molecule has 1 unspecified atom stereocenters. The number of aliphatic hydroxyl groups excluding tert-OH is 1. The summed E-state index contributed by atoms with van der Waals surface area (Å²) >= 11 is 1.50. The van der Waals surface area contributed by atoms with E-state index in [2.05, 4.69) is 15.2 Å². The first kappa shape index (κ1) is 28.0. The van der Waals surface area contributed by atoms with Gasteiger partial charge in [0.15, 0.2) is 0 Å². The lowest BCUT2D eigenvalue weighted by molar-refractivity contribution is -0.137. The summed E-state index contributed by atoms with van der Waals surface area (Å²) < 4.78 is 43.9. The van der Waals surface area contributed by atoms with Gasteiger partial charge in [-0.2, -0.15) is 13.2 Å². The molecule has 7 nitrogen and oxygen atoms in total. The number of amides is 1. The zero-order valence-corrected chi connectivity index (χ0v) is 21.7. The van der Waals surface area contributed by atoms with Crippen molar-refractivity contribution in [2.45, 2.75) is 81.5 Å². The van der Waals surface area contributed by atoms with Crippen molar-refractivity contribution in [2.75, 3.05) is 20.2 Å². The van der Waals surface area contributed by atoms with Crippen LogP contribution in [0.2, 0.25) is 0 Å². The molecule has 2 heterocycles. The molecule has 2 atom stereocenters. The van der Waals surface area contributed by atoms with E-state index in [0.717, 1.165) is 54.4 Å². The molecule has 1 aromatic heterocycles. The number of carbonyl (C=O) groups is 1. The molecule has 3 N–H and O–H groups in total. The number of ether oxygens (including phenoxy) is 1. The summed E-state index contributed by atoms with van der Waals surface area (Å²) in [7, 11) is 1.62. The van der Waals surface area contributed by atoms with Gasteiger partial charge in [0.2, 0.25) is 5.91 Å². The molecule has 0 spiro atoms. The highest BCUT2D eigenvalue weighted by Crippen LogP contribution is 2.41. The number of nitrogens with zero attached hydrogens (tertiary/aromatic N) is 2. The van der Waals surface area contributed by atoms with E-state index in [4.69, 9.17) is 4.74 Å². The molecule has 1 aromatic carbocycles. The van der Waals surface area contributed by atoms with Crippen LogP contribution < -0.4 is 5.32 Å². The third-order valence-electron chi connectivity index (χ3n) is 7.41. The van der Waals surface area contributed by atoms with Crippen LogP contribution in [0, 0.1) is 0 Å². The normalized spacial score (nSPS) is 25.8. The Labute approximate surface area is 218 Å². The van der Waals surface area contributed by atoms with Crippen molar-refractivity contribution in [3.05, 3.63) is 51.5 Å². The van der Waals surface area contributed by atoms with Gasteiger partial charge in [-0.25, -0.2) is 4.98 Å². The fourth-order valence-corrected chi connectivity index (χ4v) is 6.34. The second-order valence-corrected chi connectivity index (χ2v) is 11.2. The zero-order valence-electron chi connectivity index (χ0n) is 20.8. The minimum Gasteiger partial charge on any atom is -0.388 e. The summed E-state index contributed by atoms with van der Waals surface area (Å²) in [5.74, 6) is -0.215. The van der Waals surface area contributed by atoms with Gasteiger partial charge in [-0.05, 0) is 56.2 Å². The third kappa shape index (κ3) is 7.08. The quantitative estimate of drug-likeness (QED) is 0.442. The molecule has 4 rings (SSSR count). The monoisotopic (exact) mass is 541 g/mol. The van der Waals surface area contributed by atoms with E-state index in [0.29, 0.717) is 25.5 Å². The summed E-state index contributed by atoms with van der Waals surface area (Å²) in [6, 6.07) is 4.92. The molecule has 0 radical (unpaired) electrons. The van der Waals surface area contributed by atoms with Gasteiger partial charge in [0.1, 0.15) is 10.6 Å². The molecule has 1 saturated carbocycles. The first-order valence-corrected chi connectivity index (χ1v) is 13.4. The Morgan fingerprint density at radius 3 is 2.78 bits per heavy atom. The van der Waals surface area contributed by atoms with Crippen LogP contribution in [0.3, 0.4) is 0 Å². The summed E-state index contributed by atoms with van der Waals surface area (Å²) in [6.45, 7) is 2.03. The summed E-state index contributed by atoms with van der Waals surface area (Å²) in [5.41, 5.74) is -1.52. The van der Waals surface area contributed by atoms with Gasteiger partial charge in [-0.15, -0.1) is 11.3 Å². The molecule has 1 amide bonds. The fraction of sp³-hybridized carbons (Fsp3) is 0.615. The van der Waals surface area contributed by atoms with Gasteiger partial charge >= 0.3 is 6.18 Å². The summed E-state index contributed by atoms with van der Waals surface area (Å²) in [5, 5.41) is 25.3. The highest BCUT2D eigenvalue weighted by atomic mass is 32.1. The molecule has 1 saturated heterocycles. The van der Waals surface area contributed by atoms with Crippen LogP contribution in [-0.4, -0.2) is 58.3 Å². The fourth-order valence-electron chi connectivity index (χ4n) is 5.30. The predicted molar refractivity (Wildman–Crippen MR) is 133 cm³/mol. The number of hydrogen-bond acceptors (Lipinski definition) is 7. The number of rotatable bonds is 9. The van der Waals surface area contributed by atoms with E-state index in [9.17, 15) is 28.2 Å². The van der Waals surface area contributed by atoms with Crippen LogP contribution in [0.4, 0.5) is 13.2 Å². The van der Waals surface area contributed by atoms with Gasteiger partial charge in [0.05, 0.1) is 23.2 Å². The lowest BCUT2D eigenvalue weighted by Gasteiger charge is -2.39. The van der Waals surface area contributed by atoms with E-state index in [1.54, 1.807) is 13.3 Å². The number of methoxy groups -OCH3 is 1. The summed E-state index contributed by atoms with van der Waals surface area (Å²) in [6.07, 6.45) is 0.0726. The van der Waals surface area contributed by atoms with E-state index in [-0.39, 0.29) is 30.4 Å². The number of thiazole rings is 1. The number of aromatic nitrogens is 1. The van der Waals surface area contributed by atoms with Crippen LogP contribution in [-0.2, 0) is 27.9 Å². The maximum absolute atomic E-state index is 12.9. The minimum atomic E-state index is -4.48. The number of aliphatic hydroxyl groups is 2. The molecule has 1 aliphatic heterocycles. The Kier molecular flexibility index (Phi) is 8.90. The Morgan fingerprint density at radius 1 is 1.32 bits per heavy atom. The van der Waals surface area contributed by atoms with E-state index in [1.165, 1.54) is 23.5 Å². The molecular formula is C26H34F3N3O4S. The number of benzene rings is 1. The standard InChI is InChI=1S/C26H34F3N3O4S/c1-36-16-24-30-14-22(37-24)25(35)10-7-20(8-11-25)32-12-9-19(15-32)31-23(34)6-5-21(33)17-3-2-4-18(13-17)26(27,28)29/h2-4,13-14,19-21,33,35H,5-12,15-16H2,1H3,(H,31,34)/t19-,20?,21?,25?/m1/s1. The molecule has 2 aromatic rings. The number of likely N-dealkylation sites (tertiary alicyclic amines) is 1. The van der Waals surface area contributed by atoms with E-state index < -0.39 is 23.4 Å². The number of carbonyl (C=O) groups excluding carboxylic acids is 1. The lowest BCUT2D eigenvalue weighted by Crippen LogP contribution is -2.43. The molecule has 37 heavy (non-hydrogen) atoms. The molecule has 2 fully saturated rings. The van der Waals surface area contributed by atoms with Crippen molar-refractivity contribution in [1.82, 2.24) is 15.2 Å². The highest BCUT2D eigenvalue weighted by molar-refractivity contribution is 7.11. The van der Waals surface area contributed by atoms with Crippen LogP contribution >= 0.6 is 11.3 Å². The van der Waals surface area contributed by atoms with Crippen LogP contribution in [0.1, 0.15) is 72.1 Å². The molecule has 0 bridgehead atoms. The Hall–Kier alpha value is -2.05. The van der Waals surface area contributed by atoms with Crippen molar-refractivity contribution >= 4 is 17.2 Å². The minimum absolute atomic E-state index is 0.00268. The van der Waals surface area contributed by atoms with Gasteiger partial charge in [0.25, 0.3) is 0 Å². The van der Waals surface area contributed by atoms with Crippen LogP contribution in [0.15, 0.2) is 30.5 Å². The molecule has 2 aliphatic rings. The second-order valence-electron chi connectivity index (χ2n) is 10.0. The van der Waals surface area contributed by atoms with Crippen molar-refractivity contribution in [2.24, 2.45) is 0 Å². The Balaban J connectivity index is 1.20. The SMILES string of the molecule is COCc1ncc(C2(O)CCC(N3CC[C@@H](NC(=O)CCC(O)c4cccc(C(F)(F)F)c4)C3)CC2)s1. The van der Waals surface area contributed by atoms with Crippen LogP contribution in [0.5, 0.6) is 0 Å². The maximum atomic E-state index is 12.9. The van der Waals surface area contributed by atoms with E-state index in [1.807, 2.05) is 0 Å². The van der Waals surface area contributed by atoms with Crippen molar-refractivity contribution in [3.8, 4) is 0 Å². The topological polar surface area (TPSA) is 94.9 Å². The smallest absolute Gasteiger partial charge is 0.388 e. The number of alkyl halides is 3. The molecule has 204 valence electrons. The van der Waals surface area contributed by atoms with Crippen molar-refractivity contribution in [1.29, 1.82) is 0 Å². The number of hydrogen-bond donors (Lipinski definition) is 3. The summed E-state index contributed by atoms with van der Waals surface area (Å²) in [4.78, 5) is 20.1. The largest absolute Gasteiger partial charge is 0.416 e. The number of halogens is 3. The second kappa shape index (κ2) is 11.8. The predicted octanol–water partition coefficient (Wildman–Crippen LogP) is 4.14. The highest BCUT2D eigenvalue weighted by Gasteiger charge is 2.39. The number of nitrogens with one attached hydrogen (secondary N) is 1. The van der Waals surface area contributed by atoms with E-state index >= 15 is 0 Å². The van der Waals surface area contributed by atoms with Gasteiger partial charge < -0.3 is 20.3 Å². The van der Waals surface area contributed by atoms with Gasteiger partial charge in [-0.1, -0.05) is 12.1 Å². The zero-order chi connectivity index (χ0) is 26.6. The third-order valence-corrected chi connectivity index (χ3v) is 8.57. The maximum Gasteiger partial charge on any atom is 0.416 e. The van der Waals surface area contributed by atoms with Gasteiger partial charge in [0, 0.05) is 44.9 Å². The molecule has 1 aliphatic carbocycles. The van der Waals surface area contributed by atoms with Crippen molar-refractivity contribution in [3.63, 3.8) is 0 Å². The average molecular weight is 542 g/mol. The van der Waals surface area contributed by atoms with Gasteiger partial charge in [-0.3, -0.25) is 9.69 Å². The Morgan fingerprint density at radius 2 is 2.08 bits per heavy atom. The van der Waals surface area contributed by atoms with Crippen molar-refractivity contribution < 1.29 is 32.9 Å². The average Bonchev–Trinajstić information content (AvgIpc) is 3.53. The molecular weight excluding hydrogens is 507 g/mol. The molecule has 11 heteroatoms.